The molecule has 0 aliphatic rings. The number of methoxy groups -OCH3 is 1. The number of halogens is 1. The molecule has 2 atom stereocenters. The molecule has 0 saturated heterocycles. The van der Waals surface area contributed by atoms with Gasteiger partial charge in [-0.15, -0.1) is 0 Å². The van der Waals surface area contributed by atoms with Gasteiger partial charge in [-0.25, -0.2) is 4.39 Å². The van der Waals surface area contributed by atoms with Gasteiger partial charge in [-0.05, 0) is 24.6 Å². The molecule has 0 aliphatic heterocycles. The molecule has 0 saturated carbocycles. The first kappa shape index (κ1) is 15.5. The van der Waals surface area contributed by atoms with Crippen LogP contribution in [0.4, 0.5) is 4.39 Å². The van der Waals surface area contributed by atoms with E-state index in [1.165, 1.54) is 19.2 Å². The molecule has 0 spiro atoms. The van der Waals surface area contributed by atoms with Crippen molar-refractivity contribution in [3.63, 3.8) is 0 Å². The maximum atomic E-state index is 14.1. The summed E-state index contributed by atoms with van der Waals surface area (Å²) >= 11 is 0. The average molecular weight is 290 g/mol. The Morgan fingerprint density at radius 1 is 1.14 bits per heavy atom. The number of hydrogen-bond acceptors (Lipinski definition) is 3. The summed E-state index contributed by atoms with van der Waals surface area (Å²) in [5.74, 6) is -0.0985. The van der Waals surface area contributed by atoms with Gasteiger partial charge in [0.05, 0.1) is 7.11 Å². The average Bonchev–Trinajstić information content (AvgIpc) is 2.52. The molecule has 2 rings (SSSR count). The predicted molar refractivity (Wildman–Crippen MR) is 78.7 cm³/mol. The molecule has 2 unspecified atom stereocenters. The Labute approximate surface area is 124 Å². The molecule has 0 heterocycles. The molecule has 3 nitrogen and oxygen atoms in total. The van der Waals surface area contributed by atoms with Crippen molar-refractivity contribution >= 4 is 0 Å². The van der Waals surface area contributed by atoms with Gasteiger partial charge in [-0.1, -0.05) is 30.3 Å². The molecular weight excluding hydrogens is 271 g/mol. The van der Waals surface area contributed by atoms with Gasteiger partial charge in [0.1, 0.15) is 23.8 Å². The zero-order valence-corrected chi connectivity index (χ0v) is 12.1. The molecular formula is C17H19FO3. The van der Waals surface area contributed by atoms with Crippen LogP contribution in [0.25, 0.3) is 0 Å². The summed E-state index contributed by atoms with van der Waals surface area (Å²) in [6.45, 7) is 2.27. The molecule has 21 heavy (non-hydrogen) atoms. The Hall–Kier alpha value is -1.91. The second-order valence-electron chi connectivity index (χ2n) is 4.62. The van der Waals surface area contributed by atoms with E-state index in [2.05, 4.69) is 0 Å². The molecule has 0 aliphatic carbocycles. The number of rotatable bonds is 6. The topological polar surface area (TPSA) is 38.7 Å². The minimum Gasteiger partial charge on any atom is -0.497 e. The Morgan fingerprint density at radius 2 is 1.86 bits per heavy atom. The molecule has 112 valence electrons. The lowest BCUT2D eigenvalue weighted by Crippen LogP contribution is -2.16. The van der Waals surface area contributed by atoms with Crippen LogP contribution in [-0.4, -0.2) is 18.8 Å². The standard InChI is InChI=1S/C17H19FO3/c1-3-21-17(12-7-5-4-6-8-12)16(19)14-10-9-13(20-2)11-15(14)18/h4-11,16-17,19H,3H2,1-2H3. The highest BCUT2D eigenvalue weighted by atomic mass is 19.1. The first-order valence-corrected chi connectivity index (χ1v) is 6.85. The zero-order valence-electron chi connectivity index (χ0n) is 12.1. The van der Waals surface area contributed by atoms with Crippen LogP contribution in [0.3, 0.4) is 0 Å². The van der Waals surface area contributed by atoms with Crippen molar-refractivity contribution in [1.29, 1.82) is 0 Å². The van der Waals surface area contributed by atoms with Crippen molar-refractivity contribution < 1.29 is 19.0 Å². The third-order valence-electron chi connectivity index (χ3n) is 3.29. The van der Waals surface area contributed by atoms with Crippen molar-refractivity contribution in [2.45, 2.75) is 19.1 Å². The van der Waals surface area contributed by atoms with E-state index in [-0.39, 0.29) is 5.56 Å². The van der Waals surface area contributed by atoms with E-state index in [9.17, 15) is 9.50 Å². The Kier molecular flexibility index (Phi) is 5.31. The monoisotopic (exact) mass is 290 g/mol. The number of benzene rings is 2. The van der Waals surface area contributed by atoms with Gasteiger partial charge in [0.25, 0.3) is 0 Å². The van der Waals surface area contributed by atoms with Crippen LogP contribution < -0.4 is 4.74 Å². The van der Waals surface area contributed by atoms with Crippen LogP contribution in [0, 0.1) is 5.82 Å². The Bertz CT molecular complexity index is 572. The van der Waals surface area contributed by atoms with Crippen molar-refractivity contribution in [2.75, 3.05) is 13.7 Å². The molecule has 0 radical (unpaired) electrons. The van der Waals surface area contributed by atoms with Gasteiger partial charge in [-0.2, -0.15) is 0 Å². The van der Waals surface area contributed by atoms with Gasteiger partial charge in [0, 0.05) is 18.2 Å². The van der Waals surface area contributed by atoms with E-state index in [1.54, 1.807) is 6.07 Å². The molecule has 1 N–H and O–H groups in total. The van der Waals surface area contributed by atoms with Gasteiger partial charge in [-0.3, -0.25) is 0 Å². The molecule has 4 heteroatoms. The number of aliphatic hydroxyl groups is 1. The smallest absolute Gasteiger partial charge is 0.132 e. The lowest BCUT2D eigenvalue weighted by atomic mass is 9.97. The summed E-state index contributed by atoms with van der Waals surface area (Å²) in [6.07, 6.45) is -1.70. The van der Waals surface area contributed by atoms with E-state index in [0.717, 1.165) is 5.56 Å². The minimum absolute atomic E-state index is 0.193. The van der Waals surface area contributed by atoms with Crippen LogP contribution in [0.1, 0.15) is 30.3 Å². The normalized spacial score (nSPS) is 13.7. The van der Waals surface area contributed by atoms with Crippen LogP contribution in [-0.2, 0) is 4.74 Å². The van der Waals surface area contributed by atoms with Crippen LogP contribution in [0.2, 0.25) is 0 Å². The third kappa shape index (κ3) is 3.60. The SMILES string of the molecule is CCOC(c1ccccc1)C(O)c1ccc(OC)cc1F. The largest absolute Gasteiger partial charge is 0.497 e. The van der Waals surface area contributed by atoms with Crippen molar-refractivity contribution in [3.8, 4) is 5.75 Å². The molecule has 0 bridgehead atoms. The fourth-order valence-corrected chi connectivity index (χ4v) is 2.23. The highest BCUT2D eigenvalue weighted by molar-refractivity contribution is 5.32. The second-order valence-corrected chi connectivity index (χ2v) is 4.62. The molecule has 2 aromatic carbocycles. The van der Waals surface area contributed by atoms with Crippen molar-refractivity contribution in [2.24, 2.45) is 0 Å². The Balaban J connectivity index is 2.32. The maximum absolute atomic E-state index is 14.1. The van der Waals surface area contributed by atoms with E-state index in [4.69, 9.17) is 9.47 Å². The summed E-state index contributed by atoms with van der Waals surface area (Å²) in [5.41, 5.74) is 1.00. The fraction of sp³-hybridized carbons (Fsp3) is 0.294. The molecule has 2 aromatic rings. The predicted octanol–water partition coefficient (Wildman–Crippen LogP) is 3.65. The molecule has 0 aromatic heterocycles. The molecule has 0 fully saturated rings. The van der Waals surface area contributed by atoms with E-state index in [1.807, 2.05) is 37.3 Å². The summed E-state index contributed by atoms with van der Waals surface area (Å²) in [6, 6.07) is 13.7. The zero-order chi connectivity index (χ0) is 15.2. The lowest BCUT2D eigenvalue weighted by molar-refractivity contribution is -0.0375. The number of ether oxygens (including phenoxy) is 2. The summed E-state index contributed by atoms with van der Waals surface area (Å²) in [5, 5.41) is 10.5. The Morgan fingerprint density at radius 3 is 2.43 bits per heavy atom. The first-order valence-electron chi connectivity index (χ1n) is 6.85. The van der Waals surface area contributed by atoms with E-state index >= 15 is 0 Å². The van der Waals surface area contributed by atoms with Crippen LogP contribution in [0.5, 0.6) is 5.75 Å². The van der Waals surface area contributed by atoms with Crippen molar-refractivity contribution in [1.82, 2.24) is 0 Å². The highest BCUT2D eigenvalue weighted by Gasteiger charge is 2.25. The third-order valence-corrected chi connectivity index (χ3v) is 3.29. The summed E-state index contributed by atoms with van der Waals surface area (Å²) < 4.78 is 24.7. The van der Waals surface area contributed by atoms with E-state index < -0.39 is 18.0 Å². The minimum atomic E-state index is -1.08. The first-order chi connectivity index (χ1) is 10.2. The second kappa shape index (κ2) is 7.20. The quantitative estimate of drug-likeness (QED) is 0.882. The number of hydrogen-bond donors (Lipinski definition) is 1. The van der Waals surface area contributed by atoms with Gasteiger partial charge >= 0.3 is 0 Å². The van der Waals surface area contributed by atoms with Crippen LogP contribution in [0.15, 0.2) is 48.5 Å². The fourth-order valence-electron chi connectivity index (χ4n) is 2.23. The summed E-state index contributed by atoms with van der Waals surface area (Å²) in [4.78, 5) is 0. The summed E-state index contributed by atoms with van der Waals surface area (Å²) in [7, 11) is 1.47. The number of aliphatic hydroxyl groups excluding tert-OH is 1. The molecule has 0 amide bonds. The lowest BCUT2D eigenvalue weighted by Gasteiger charge is -2.24. The van der Waals surface area contributed by atoms with Gasteiger partial charge in [0.2, 0.25) is 0 Å². The van der Waals surface area contributed by atoms with Crippen LogP contribution >= 0.6 is 0 Å². The maximum Gasteiger partial charge on any atom is 0.132 e. The van der Waals surface area contributed by atoms with E-state index in [0.29, 0.717) is 12.4 Å². The van der Waals surface area contributed by atoms with Gasteiger partial charge in [0.15, 0.2) is 0 Å². The highest BCUT2D eigenvalue weighted by Crippen LogP contribution is 2.34. The van der Waals surface area contributed by atoms with Crippen molar-refractivity contribution in [3.05, 3.63) is 65.5 Å². The van der Waals surface area contributed by atoms with Gasteiger partial charge < -0.3 is 14.6 Å².